The van der Waals surface area contributed by atoms with E-state index in [-0.39, 0.29) is 11.5 Å². The van der Waals surface area contributed by atoms with Gasteiger partial charge in [-0.25, -0.2) is 0 Å². The summed E-state index contributed by atoms with van der Waals surface area (Å²) in [4.78, 5) is 0. The molecule has 1 fully saturated rings. The molecule has 1 N–H and O–H groups in total. The van der Waals surface area contributed by atoms with E-state index in [1.165, 1.54) is 37.7 Å². The van der Waals surface area contributed by atoms with Gasteiger partial charge in [0.1, 0.15) is 0 Å². The van der Waals surface area contributed by atoms with Crippen molar-refractivity contribution in [3.8, 4) is 0 Å². The van der Waals surface area contributed by atoms with Gasteiger partial charge in [-0.1, -0.05) is 70.4 Å². The lowest BCUT2D eigenvalue weighted by Gasteiger charge is -2.43. The van der Waals surface area contributed by atoms with E-state index in [0.717, 1.165) is 18.8 Å². The van der Waals surface area contributed by atoms with Crippen LogP contribution in [-0.2, 0) is 5.41 Å². The zero-order valence-electron chi connectivity index (χ0n) is 14.0. The fourth-order valence-electron chi connectivity index (χ4n) is 4.38. The fourth-order valence-corrected chi connectivity index (χ4v) is 4.38. The van der Waals surface area contributed by atoms with Crippen LogP contribution in [0.2, 0.25) is 0 Å². The Bertz CT molecular complexity index is 399. The maximum Gasteiger partial charge on any atom is 0.0664 e. The van der Waals surface area contributed by atoms with Crippen molar-refractivity contribution in [2.45, 2.75) is 77.2 Å². The van der Waals surface area contributed by atoms with E-state index in [1.54, 1.807) is 0 Å². The Morgan fingerprint density at radius 2 is 1.57 bits per heavy atom. The maximum absolute atomic E-state index is 11.2. The van der Waals surface area contributed by atoms with E-state index in [2.05, 4.69) is 51.1 Å². The molecule has 1 aliphatic rings. The number of aliphatic hydroxyl groups is 1. The third-order valence-electron chi connectivity index (χ3n) is 6.09. The van der Waals surface area contributed by atoms with E-state index in [0.29, 0.717) is 5.92 Å². The third kappa shape index (κ3) is 3.34. The lowest BCUT2D eigenvalue weighted by atomic mass is 9.64. The van der Waals surface area contributed by atoms with Gasteiger partial charge >= 0.3 is 0 Å². The number of rotatable bonds is 6. The van der Waals surface area contributed by atoms with Gasteiger partial charge in [0.25, 0.3) is 0 Å². The highest BCUT2D eigenvalue weighted by Crippen LogP contribution is 2.43. The van der Waals surface area contributed by atoms with Crippen molar-refractivity contribution in [1.82, 2.24) is 0 Å². The highest BCUT2D eigenvalue weighted by atomic mass is 16.3. The van der Waals surface area contributed by atoms with Gasteiger partial charge in [0.05, 0.1) is 6.10 Å². The molecule has 0 saturated heterocycles. The van der Waals surface area contributed by atoms with Crippen LogP contribution < -0.4 is 0 Å². The Morgan fingerprint density at radius 3 is 2.05 bits per heavy atom. The molecule has 2 rings (SSSR count). The molecule has 21 heavy (non-hydrogen) atoms. The number of benzene rings is 1. The van der Waals surface area contributed by atoms with Gasteiger partial charge in [-0.3, -0.25) is 0 Å². The molecule has 1 heteroatoms. The van der Waals surface area contributed by atoms with Crippen LogP contribution in [0.3, 0.4) is 0 Å². The van der Waals surface area contributed by atoms with Crippen molar-refractivity contribution in [2.75, 3.05) is 0 Å². The number of hydrogen-bond donors (Lipinski definition) is 1. The summed E-state index contributed by atoms with van der Waals surface area (Å²) in [5, 5.41) is 11.2. The largest absolute Gasteiger partial charge is 0.392 e. The minimum Gasteiger partial charge on any atom is -0.392 e. The Hall–Kier alpha value is -0.820. The summed E-state index contributed by atoms with van der Waals surface area (Å²) >= 11 is 0. The zero-order chi connectivity index (χ0) is 15.3. The second kappa shape index (κ2) is 7.45. The Labute approximate surface area is 130 Å². The molecule has 1 aromatic carbocycles. The molecule has 1 unspecified atom stereocenters. The molecule has 0 amide bonds. The van der Waals surface area contributed by atoms with Crippen molar-refractivity contribution in [2.24, 2.45) is 11.8 Å². The average Bonchev–Trinajstić information content (AvgIpc) is 2.57. The number of aliphatic hydroxyl groups excluding tert-OH is 1. The molecule has 0 aromatic heterocycles. The smallest absolute Gasteiger partial charge is 0.0664 e. The monoisotopic (exact) mass is 288 g/mol. The van der Waals surface area contributed by atoms with Crippen LogP contribution in [0.1, 0.15) is 71.3 Å². The number of hydrogen-bond acceptors (Lipinski definition) is 1. The second-order valence-corrected chi connectivity index (χ2v) is 6.86. The highest BCUT2D eigenvalue weighted by Gasteiger charge is 2.41. The van der Waals surface area contributed by atoms with Crippen LogP contribution in [0.5, 0.6) is 0 Å². The summed E-state index contributed by atoms with van der Waals surface area (Å²) in [6.45, 7) is 6.77. The summed E-state index contributed by atoms with van der Waals surface area (Å²) in [5.74, 6) is 1.37. The standard InChI is InChI=1S/C20H32O/c1-4-16-12-14-17(15-13-16)19(21)20(5-2,6-3)18-10-8-7-9-11-18/h7-11,16-17,19,21H,4-6,12-15H2,1-3H3. The molecule has 1 aromatic rings. The van der Waals surface area contributed by atoms with Gasteiger partial charge in [0.15, 0.2) is 0 Å². The van der Waals surface area contributed by atoms with Gasteiger partial charge in [-0.15, -0.1) is 0 Å². The summed E-state index contributed by atoms with van der Waals surface area (Å²) in [7, 11) is 0. The van der Waals surface area contributed by atoms with E-state index in [4.69, 9.17) is 0 Å². The summed E-state index contributed by atoms with van der Waals surface area (Å²) < 4.78 is 0. The Balaban J connectivity index is 2.18. The van der Waals surface area contributed by atoms with Gasteiger partial charge in [0, 0.05) is 5.41 Å². The lowest BCUT2D eigenvalue weighted by Crippen LogP contribution is -2.44. The minimum atomic E-state index is -0.201. The molecule has 0 aliphatic heterocycles. The molecule has 1 atom stereocenters. The quantitative estimate of drug-likeness (QED) is 0.751. The summed E-state index contributed by atoms with van der Waals surface area (Å²) in [5.41, 5.74) is 1.26. The molecule has 1 nitrogen and oxygen atoms in total. The minimum absolute atomic E-state index is 0.0645. The molecular formula is C20H32O. The van der Waals surface area contributed by atoms with E-state index < -0.39 is 0 Å². The lowest BCUT2D eigenvalue weighted by molar-refractivity contribution is 0.00144. The Morgan fingerprint density at radius 1 is 1.00 bits per heavy atom. The van der Waals surface area contributed by atoms with Crippen molar-refractivity contribution < 1.29 is 5.11 Å². The van der Waals surface area contributed by atoms with Crippen LogP contribution in [0.4, 0.5) is 0 Å². The van der Waals surface area contributed by atoms with Gasteiger partial charge in [-0.2, -0.15) is 0 Å². The van der Waals surface area contributed by atoms with Crippen molar-refractivity contribution in [3.05, 3.63) is 35.9 Å². The van der Waals surface area contributed by atoms with Crippen LogP contribution in [-0.4, -0.2) is 11.2 Å². The molecule has 1 saturated carbocycles. The van der Waals surface area contributed by atoms with E-state index in [1.807, 2.05) is 0 Å². The van der Waals surface area contributed by atoms with Gasteiger partial charge in [-0.05, 0) is 43.1 Å². The topological polar surface area (TPSA) is 20.2 Å². The average molecular weight is 288 g/mol. The first-order chi connectivity index (χ1) is 10.2. The molecule has 1 aliphatic carbocycles. The molecule has 118 valence electrons. The predicted octanol–water partition coefficient (Wildman–Crippen LogP) is 5.32. The van der Waals surface area contributed by atoms with Crippen molar-refractivity contribution in [1.29, 1.82) is 0 Å². The van der Waals surface area contributed by atoms with E-state index >= 15 is 0 Å². The van der Waals surface area contributed by atoms with Gasteiger partial charge < -0.3 is 5.11 Å². The first kappa shape index (κ1) is 16.5. The van der Waals surface area contributed by atoms with E-state index in [9.17, 15) is 5.11 Å². The van der Waals surface area contributed by atoms with Crippen LogP contribution in [0.25, 0.3) is 0 Å². The molecule has 0 spiro atoms. The maximum atomic E-state index is 11.2. The highest BCUT2D eigenvalue weighted by molar-refractivity contribution is 5.27. The fraction of sp³-hybridized carbons (Fsp3) is 0.700. The normalized spacial score (nSPS) is 24.8. The van der Waals surface area contributed by atoms with Crippen molar-refractivity contribution >= 4 is 0 Å². The Kier molecular flexibility index (Phi) is 5.87. The van der Waals surface area contributed by atoms with Crippen molar-refractivity contribution in [3.63, 3.8) is 0 Å². The molecule has 0 bridgehead atoms. The molecule has 0 radical (unpaired) electrons. The first-order valence-electron chi connectivity index (χ1n) is 8.91. The molecular weight excluding hydrogens is 256 g/mol. The SMILES string of the molecule is CCC1CCC(C(O)C(CC)(CC)c2ccccc2)CC1. The van der Waals surface area contributed by atoms with Crippen LogP contribution >= 0.6 is 0 Å². The second-order valence-electron chi connectivity index (χ2n) is 6.86. The zero-order valence-corrected chi connectivity index (χ0v) is 14.0. The van der Waals surface area contributed by atoms with Crippen LogP contribution in [0.15, 0.2) is 30.3 Å². The van der Waals surface area contributed by atoms with Crippen LogP contribution in [0, 0.1) is 11.8 Å². The van der Waals surface area contributed by atoms with Gasteiger partial charge in [0.2, 0.25) is 0 Å². The summed E-state index contributed by atoms with van der Waals surface area (Å²) in [6.07, 6.45) is 8.14. The molecule has 0 heterocycles. The first-order valence-corrected chi connectivity index (χ1v) is 8.91. The predicted molar refractivity (Wildman–Crippen MR) is 90.4 cm³/mol. The third-order valence-corrected chi connectivity index (χ3v) is 6.09. The summed E-state index contributed by atoms with van der Waals surface area (Å²) in [6, 6.07) is 10.7.